The van der Waals surface area contributed by atoms with Crippen molar-refractivity contribution in [1.29, 1.82) is 5.26 Å². The molecule has 0 aliphatic carbocycles. The molecule has 0 saturated carbocycles. The van der Waals surface area contributed by atoms with E-state index in [1.54, 1.807) is 10.7 Å². The normalized spacial score (nSPS) is 12.0. The van der Waals surface area contributed by atoms with E-state index in [4.69, 9.17) is 5.26 Å². The van der Waals surface area contributed by atoms with Crippen molar-refractivity contribution in [3.63, 3.8) is 0 Å². The number of nitriles is 1. The van der Waals surface area contributed by atoms with Gasteiger partial charge in [0.2, 0.25) is 0 Å². The topological polar surface area (TPSA) is 66.0 Å². The van der Waals surface area contributed by atoms with Crippen LogP contribution in [0.1, 0.15) is 18.1 Å². The van der Waals surface area contributed by atoms with E-state index in [0.717, 1.165) is 22.4 Å². The number of aromatic nitrogens is 3. The number of anilines is 1. The van der Waals surface area contributed by atoms with E-state index in [1.807, 2.05) is 36.5 Å². The van der Waals surface area contributed by atoms with Gasteiger partial charge in [-0.05, 0) is 53.0 Å². The van der Waals surface area contributed by atoms with Gasteiger partial charge in [-0.3, -0.25) is 0 Å². The summed E-state index contributed by atoms with van der Waals surface area (Å²) in [4.78, 5) is 4.54. The first-order valence-corrected chi connectivity index (χ1v) is 7.70. The molecule has 0 aliphatic rings. The Bertz CT molecular complexity index is 832. The van der Waals surface area contributed by atoms with Gasteiger partial charge < -0.3 is 5.32 Å². The van der Waals surface area contributed by atoms with Crippen molar-refractivity contribution in [3.8, 4) is 6.07 Å². The first kappa shape index (κ1) is 14.5. The maximum atomic E-state index is 8.81. The fraction of sp³-hybridized carbons (Fsp3) is 0.188. The van der Waals surface area contributed by atoms with E-state index in [1.165, 1.54) is 5.56 Å². The van der Waals surface area contributed by atoms with E-state index in [0.29, 0.717) is 5.56 Å². The van der Waals surface area contributed by atoms with Crippen LogP contribution in [-0.2, 0) is 6.42 Å². The Morgan fingerprint density at radius 1 is 1.32 bits per heavy atom. The number of nitrogens with one attached hydrogen (secondary N) is 1. The lowest BCUT2D eigenvalue weighted by Crippen LogP contribution is -2.19. The molecule has 0 fully saturated rings. The average molecular weight is 356 g/mol. The Morgan fingerprint density at radius 2 is 2.09 bits per heavy atom. The van der Waals surface area contributed by atoms with Gasteiger partial charge in [-0.25, -0.2) is 9.50 Å². The van der Waals surface area contributed by atoms with Crippen molar-refractivity contribution in [1.82, 2.24) is 14.6 Å². The molecule has 1 unspecified atom stereocenters. The Labute approximate surface area is 136 Å². The smallest absolute Gasteiger partial charge is 0.171 e. The molecule has 1 N–H and O–H groups in total. The number of nitrogens with zero attached hydrogens (tertiary/aromatic N) is 4. The average Bonchev–Trinajstić information content (AvgIpc) is 2.89. The molecule has 0 amide bonds. The Balaban J connectivity index is 1.70. The van der Waals surface area contributed by atoms with E-state index in [-0.39, 0.29) is 6.04 Å². The largest absolute Gasteiger partial charge is 0.367 e. The van der Waals surface area contributed by atoms with Gasteiger partial charge in [-0.2, -0.15) is 10.4 Å². The van der Waals surface area contributed by atoms with Crippen molar-refractivity contribution >= 4 is 27.4 Å². The monoisotopic (exact) mass is 355 g/mol. The molecule has 0 spiro atoms. The lowest BCUT2D eigenvalue weighted by Gasteiger charge is -2.14. The van der Waals surface area contributed by atoms with Crippen molar-refractivity contribution < 1.29 is 0 Å². The molecular weight excluding hydrogens is 342 g/mol. The molecule has 22 heavy (non-hydrogen) atoms. The Hall–Kier alpha value is -2.39. The Kier molecular flexibility index (Phi) is 4.07. The molecule has 3 rings (SSSR count). The molecule has 110 valence electrons. The summed E-state index contributed by atoms with van der Waals surface area (Å²) >= 11 is 3.43. The molecule has 0 saturated heterocycles. The van der Waals surface area contributed by atoms with Crippen molar-refractivity contribution in [2.75, 3.05) is 5.32 Å². The molecule has 5 nitrogen and oxygen atoms in total. The first-order chi connectivity index (χ1) is 10.7. The molecule has 0 aliphatic heterocycles. The summed E-state index contributed by atoms with van der Waals surface area (Å²) in [7, 11) is 0. The predicted octanol–water partition coefficient (Wildman–Crippen LogP) is 3.41. The minimum absolute atomic E-state index is 0.226. The molecular formula is C16H14BrN5. The van der Waals surface area contributed by atoms with Gasteiger partial charge in [-0.15, -0.1) is 0 Å². The second kappa shape index (κ2) is 6.16. The summed E-state index contributed by atoms with van der Waals surface area (Å²) in [6.45, 7) is 2.11. The van der Waals surface area contributed by atoms with Crippen molar-refractivity contribution in [3.05, 3.63) is 58.3 Å². The van der Waals surface area contributed by atoms with Gasteiger partial charge in [0.05, 0.1) is 22.3 Å². The maximum absolute atomic E-state index is 8.81. The quantitative estimate of drug-likeness (QED) is 0.778. The van der Waals surface area contributed by atoms with Gasteiger partial charge in [0.15, 0.2) is 5.65 Å². The number of fused-ring (bicyclic) bond motifs is 1. The van der Waals surface area contributed by atoms with E-state index in [9.17, 15) is 0 Å². The minimum atomic E-state index is 0.226. The second-order valence-electron chi connectivity index (χ2n) is 5.13. The second-order valence-corrected chi connectivity index (χ2v) is 5.99. The summed E-state index contributed by atoms with van der Waals surface area (Å²) in [5.41, 5.74) is 2.66. The molecule has 0 bridgehead atoms. The van der Waals surface area contributed by atoms with Gasteiger partial charge >= 0.3 is 0 Å². The van der Waals surface area contributed by atoms with Gasteiger partial charge in [0.25, 0.3) is 0 Å². The summed E-state index contributed by atoms with van der Waals surface area (Å²) in [5.74, 6) is 0.815. The third kappa shape index (κ3) is 3.10. The summed E-state index contributed by atoms with van der Waals surface area (Å²) in [6, 6.07) is 11.9. The summed E-state index contributed by atoms with van der Waals surface area (Å²) < 4.78 is 2.59. The zero-order valence-electron chi connectivity index (χ0n) is 12.0. The minimum Gasteiger partial charge on any atom is -0.367 e. The van der Waals surface area contributed by atoms with Crippen molar-refractivity contribution in [2.24, 2.45) is 0 Å². The van der Waals surface area contributed by atoms with Crippen LogP contribution in [0.3, 0.4) is 0 Å². The highest BCUT2D eigenvalue weighted by atomic mass is 79.9. The molecule has 2 heterocycles. The fourth-order valence-corrected chi connectivity index (χ4v) is 2.66. The SMILES string of the molecule is CC(Cc1ccc(C#N)cc1)Nc1ccn2ncc(Br)c2n1. The van der Waals surface area contributed by atoms with E-state index >= 15 is 0 Å². The molecule has 0 radical (unpaired) electrons. The van der Waals surface area contributed by atoms with Crippen LogP contribution in [-0.4, -0.2) is 20.6 Å². The number of rotatable bonds is 4. The van der Waals surface area contributed by atoms with Crippen LogP contribution < -0.4 is 5.32 Å². The van der Waals surface area contributed by atoms with Gasteiger partial charge in [0.1, 0.15) is 5.82 Å². The number of hydrogen-bond donors (Lipinski definition) is 1. The van der Waals surface area contributed by atoms with Crippen LogP contribution in [0.15, 0.2) is 47.2 Å². The van der Waals surface area contributed by atoms with Crippen LogP contribution in [0.5, 0.6) is 0 Å². The van der Waals surface area contributed by atoms with Crippen LogP contribution in [0.25, 0.3) is 5.65 Å². The van der Waals surface area contributed by atoms with Crippen LogP contribution in [0.2, 0.25) is 0 Å². The summed E-state index contributed by atoms with van der Waals surface area (Å²) in [5, 5.41) is 16.4. The zero-order chi connectivity index (χ0) is 15.5. The Morgan fingerprint density at radius 3 is 2.82 bits per heavy atom. The number of hydrogen-bond acceptors (Lipinski definition) is 4. The molecule has 6 heteroatoms. The zero-order valence-corrected chi connectivity index (χ0v) is 13.6. The molecule has 1 atom stereocenters. The maximum Gasteiger partial charge on any atom is 0.171 e. The molecule has 1 aromatic carbocycles. The van der Waals surface area contributed by atoms with Crippen LogP contribution >= 0.6 is 15.9 Å². The van der Waals surface area contributed by atoms with Gasteiger partial charge in [0, 0.05) is 12.2 Å². The first-order valence-electron chi connectivity index (χ1n) is 6.91. The third-order valence-electron chi connectivity index (χ3n) is 3.35. The lowest BCUT2D eigenvalue weighted by molar-refractivity contribution is 0.783. The number of benzene rings is 1. The standard InChI is InChI=1S/C16H14BrN5/c1-11(8-12-2-4-13(9-18)5-3-12)20-15-6-7-22-16(21-15)14(17)10-19-22/h2-7,10-11H,8H2,1H3,(H,20,21). The van der Waals surface area contributed by atoms with Crippen LogP contribution in [0, 0.1) is 11.3 Å². The molecule has 2 aromatic heterocycles. The van der Waals surface area contributed by atoms with Gasteiger partial charge in [-0.1, -0.05) is 12.1 Å². The van der Waals surface area contributed by atoms with Crippen molar-refractivity contribution in [2.45, 2.75) is 19.4 Å². The predicted molar refractivity (Wildman–Crippen MR) is 88.6 cm³/mol. The highest BCUT2D eigenvalue weighted by Gasteiger charge is 2.07. The molecule has 3 aromatic rings. The number of halogens is 1. The highest BCUT2D eigenvalue weighted by molar-refractivity contribution is 9.10. The fourth-order valence-electron chi connectivity index (χ4n) is 2.29. The van der Waals surface area contributed by atoms with E-state index in [2.05, 4.69) is 44.3 Å². The third-order valence-corrected chi connectivity index (χ3v) is 3.90. The van der Waals surface area contributed by atoms with Crippen LogP contribution in [0.4, 0.5) is 5.82 Å². The van der Waals surface area contributed by atoms with E-state index < -0.39 is 0 Å². The highest BCUT2D eigenvalue weighted by Crippen LogP contribution is 2.17. The summed E-state index contributed by atoms with van der Waals surface area (Å²) in [6.07, 6.45) is 4.47. The lowest BCUT2D eigenvalue weighted by atomic mass is 10.1.